The summed E-state index contributed by atoms with van der Waals surface area (Å²) in [5.41, 5.74) is 4.20. The molecule has 0 spiro atoms. The summed E-state index contributed by atoms with van der Waals surface area (Å²) in [4.78, 5) is 33.0. The van der Waals surface area contributed by atoms with Crippen molar-refractivity contribution in [3.8, 4) is 0 Å². The maximum Gasteiger partial charge on any atom is 0.263 e. The Morgan fingerprint density at radius 2 is 2.03 bits per heavy atom. The van der Waals surface area contributed by atoms with Crippen LogP contribution >= 0.6 is 11.3 Å². The molecule has 1 aliphatic rings. The number of aromatic nitrogens is 2. The molecule has 6 heteroatoms. The largest absolute Gasteiger partial charge is 0.324 e. The van der Waals surface area contributed by atoms with E-state index in [9.17, 15) is 9.59 Å². The molecule has 1 amide bonds. The topological polar surface area (TPSA) is 64.0 Å². The van der Waals surface area contributed by atoms with Gasteiger partial charge >= 0.3 is 0 Å². The van der Waals surface area contributed by atoms with Crippen LogP contribution in [0.3, 0.4) is 0 Å². The van der Waals surface area contributed by atoms with E-state index >= 15 is 0 Å². The van der Waals surface area contributed by atoms with Gasteiger partial charge in [-0.15, -0.1) is 11.3 Å². The van der Waals surface area contributed by atoms with Crippen LogP contribution in [-0.2, 0) is 17.6 Å². The fraction of sp³-hybridized carbons (Fsp3) is 0.480. The molecule has 1 aromatic carbocycles. The van der Waals surface area contributed by atoms with Gasteiger partial charge in [-0.1, -0.05) is 38.5 Å². The van der Waals surface area contributed by atoms with Crippen LogP contribution < -0.4 is 10.9 Å². The zero-order valence-corrected chi connectivity index (χ0v) is 20.0. The molecule has 2 unspecified atom stereocenters. The number of amides is 1. The van der Waals surface area contributed by atoms with E-state index in [2.05, 4.69) is 31.1 Å². The molecular formula is C25H31N3O2S. The highest BCUT2D eigenvalue weighted by Gasteiger charge is 2.32. The van der Waals surface area contributed by atoms with Crippen LogP contribution in [0.5, 0.6) is 0 Å². The normalized spacial score (nSPS) is 17.4. The van der Waals surface area contributed by atoms with Crippen LogP contribution in [-0.4, -0.2) is 15.5 Å². The molecule has 1 N–H and O–H groups in total. The number of hydrogen-bond acceptors (Lipinski definition) is 4. The van der Waals surface area contributed by atoms with Gasteiger partial charge in [0.05, 0.1) is 11.7 Å². The van der Waals surface area contributed by atoms with E-state index in [0.717, 1.165) is 46.5 Å². The van der Waals surface area contributed by atoms with Crippen molar-refractivity contribution in [3.63, 3.8) is 0 Å². The second-order valence-corrected chi connectivity index (χ2v) is 11.0. The van der Waals surface area contributed by atoms with Crippen molar-refractivity contribution in [2.75, 3.05) is 5.32 Å². The first-order valence-electron chi connectivity index (χ1n) is 11.0. The Labute approximate surface area is 187 Å². The van der Waals surface area contributed by atoms with E-state index in [0.29, 0.717) is 11.3 Å². The monoisotopic (exact) mass is 437 g/mol. The van der Waals surface area contributed by atoms with Crippen LogP contribution in [0, 0.1) is 25.2 Å². The Bertz CT molecular complexity index is 1220. The predicted octanol–water partition coefficient (Wildman–Crippen LogP) is 5.43. The third-order valence-corrected chi connectivity index (χ3v) is 7.82. The highest BCUT2D eigenvalue weighted by atomic mass is 32.1. The lowest BCUT2D eigenvalue weighted by atomic mass is 9.72. The van der Waals surface area contributed by atoms with Crippen molar-refractivity contribution in [1.82, 2.24) is 9.55 Å². The third kappa shape index (κ3) is 4.05. The third-order valence-electron chi connectivity index (χ3n) is 6.66. The lowest BCUT2D eigenvalue weighted by Gasteiger charge is -2.33. The molecule has 3 aromatic rings. The molecule has 2 heterocycles. The Kier molecular flexibility index (Phi) is 5.54. The van der Waals surface area contributed by atoms with Gasteiger partial charge in [0.25, 0.3) is 5.56 Å². The van der Waals surface area contributed by atoms with E-state index in [4.69, 9.17) is 0 Å². The van der Waals surface area contributed by atoms with Gasteiger partial charge in [-0.2, -0.15) is 0 Å². The van der Waals surface area contributed by atoms with Crippen molar-refractivity contribution in [2.24, 2.45) is 11.3 Å². The van der Waals surface area contributed by atoms with Gasteiger partial charge in [0, 0.05) is 10.6 Å². The van der Waals surface area contributed by atoms with E-state index < -0.39 is 6.04 Å². The second-order valence-electron chi connectivity index (χ2n) is 9.93. The molecule has 31 heavy (non-hydrogen) atoms. The second kappa shape index (κ2) is 7.90. The van der Waals surface area contributed by atoms with Crippen molar-refractivity contribution < 1.29 is 4.79 Å². The van der Waals surface area contributed by atoms with Crippen molar-refractivity contribution >= 4 is 33.1 Å². The van der Waals surface area contributed by atoms with Crippen LogP contribution in [0.25, 0.3) is 10.2 Å². The molecule has 4 rings (SSSR count). The first kappa shape index (κ1) is 21.8. The van der Waals surface area contributed by atoms with E-state index in [1.807, 2.05) is 32.0 Å². The Morgan fingerprint density at radius 1 is 1.29 bits per heavy atom. The Balaban J connectivity index is 1.65. The molecule has 0 fully saturated rings. The summed E-state index contributed by atoms with van der Waals surface area (Å²) in [6.45, 7) is 12.6. The lowest BCUT2D eigenvalue weighted by molar-refractivity contribution is -0.118. The number of rotatable bonds is 3. The summed E-state index contributed by atoms with van der Waals surface area (Å²) in [5, 5.41) is 3.67. The standard InChI is InChI=1S/C25H31N3O2S/c1-14-7-10-19(15(2)11-14)27-22(29)16(3)28-13-26-23-21(24(28)30)18-9-8-17(25(4,5)6)12-20(18)31-23/h7,10-11,13,16-17H,8-9,12H2,1-6H3,(H,27,29). The number of hydrogen-bond donors (Lipinski definition) is 1. The first-order valence-corrected chi connectivity index (χ1v) is 11.8. The number of carbonyl (C=O) groups excluding carboxylic acids is 1. The predicted molar refractivity (Wildman–Crippen MR) is 128 cm³/mol. The number of aryl methyl sites for hydroxylation is 3. The van der Waals surface area contributed by atoms with Crippen LogP contribution in [0.2, 0.25) is 0 Å². The first-order chi connectivity index (χ1) is 14.6. The maximum atomic E-state index is 13.4. The zero-order valence-electron chi connectivity index (χ0n) is 19.2. The minimum Gasteiger partial charge on any atom is -0.324 e. The molecule has 5 nitrogen and oxygen atoms in total. The van der Waals surface area contributed by atoms with Gasteiger partial charge in [-0.3, -0.25) is 14.2 Å². The molecule has 164 valence electrons. The lowest BCUT2D eigenvalue weighted by Crippen LogP contribution is -2.32. The quantitative estimate of drug-likeness (QED) is 0.595. The van der Waals surface area contributed by atoms with Gasteiger partial charge < -0.3 is 5.32 Å². The van der Waals surface area contributed by atoms with Crippen molar-refractivity contribution in [1.29, 1.82) is 0 Å². The number of anilines is 1. The van der Waals surface area contributed by atoms with Gasteiger partial charge in [0.2, 0.25) is 5.91 Å². The average molecular weight is 438 g/mol. The van der Waals surface area contributed by atoms with Gasteiger partial charge in [0.15, 0.2) is 0 Å². The zero-order chi connectivity index (χ0) is 22.5. The summed E-state index contributed by atoms with van der Waals surface area (Å²) in [5.74, 6) is 0.393. The van der Waals surface area contributed by atoms with Crippen molar-refractivity contribution in [3.05, 3.63) is 56.4 Å². The summed E-state index contributed by atoms with van der Waals surface area (Å²) in [6.07, 6.45) is 4.52. The van der Waals surface area contributed by atoms with Crippen LogP contribution in [0.1, 0.15) is 61.7 Å². The van der Waals surface area contributed by atoms with E-state index in [1.165, 1.54) is 15.8 Å². The van der Waals surface area contributed by atoms with Crippen LogP contribution in [0.15, 0.2) is 29.3 Å². The van der Waals surface area contributed by atoms with Gasteiger partial charge in [-0.05, 0) is 68.6 Å². The number of carbonyl (C=O) groups is 1. The van der Waals surface area contributed by atoms with E-state index in [1.54, 1.807) is 18.3 Å². The molecular weight excluding hydrogens is 406 g/mol. The highest BCUT2D eigenvalue weighted by Crippen LogP contribution is 2.42. The average Bonchev–Trinajstić information content (AvgIpc) is 3.07. The molecule has 0 radical (unpaired) electrons. The van der Waals surface area contributed by atoms with Gasteiger partial charge in [0.1, 0.15) is 10.9 Å². The fourth-order valence-corrected chi connectivity index (χ4v) is 5.77. The molecule has 0 saturated heterocycles. The number of fused-ring (bicyclic) bond motifs is 3. The minimum absolute atomic E-state index is 0.111. The summed E-state index contributed by atoms with van der Waals surface area (Å²) in [6, 6.07) is 5.25. The molecule has 2 atom stereocenters. The molecule has 1 aliphatic carbocycles. The summed E-state index contributed by atoms with van der Waals surface area (Å²) >= 11 is 1.64. The number of nitrogens with zero attached hydrogens (tertiary/aromatic N) is 2. The Hall–Kier alpha value is -2.47. The molecule has 0 bridgehead atoms. The molecule has 2 aromatic heterocycles. The number of thiophene rings is 1. The van der Waals surface area contributed by atoms with Gasteiger partial charge in [-0.25, -0.2) is 4.98 Å². The highest BCUT2D eigenvalue weighted by molar-refractivity contribution is 7.18. The minimum atomic E-state index is -0.647. The van der Waals surface area contributed by atoms with Crippen LogP contribution in [0.4, 0.5) is 5.69 Å². The smallest absolute Gasteiger partial charge is 0.263 e. The number of nitrogens with one attached hydrogen (secondary N) is 1. The summed E-state index contributed by atoms with van der Waals surface area (Å²) in [7, 11) is 0. The Morgan fingerprint density at radius 3 is 2.71 bits per heavy atom. The fourth-order valence-electron chi connectivity index (χ4n) is 4.51. The molecule has 0 saturated carbocycles. The SMILES string of the molecule is Cc1ccc(NC(=O)C(C)n2cnc3sc4c(c3c2=O)CCC(C(C)(C)C)C4)c(C)c1. The molecule has 0 aliphatic heterocycles. The van der Waals surface area contributed by atoms with Crippen molar-refractivity contribution in [2.45, 2.75) is 66.8 Å². The summed E-state index contributed by atoms with van der Waals surface area (Å²) < 4.78 is 1.48. The maximum absolute atomic E-state index is 13.4. The number of benzene rings is 1. The van der Waals surface area contributed by atoms with E-state index in [-0.39, 0.29) is 16.9 Å².